The molecule has 0 aromatic heterocycles. The summed E-state index contributed by atoms with van der Waals surface area (Å²) in [5.41, 5.74) is 9.44. The Morgan fingerprint density at radius 2 is 0.349 bits per heavy atom. The Labute approximate surface area is 830 Å². The second-order valence-corrected chi connectivity index (χ2v) is 60.2. The Hall–Kier alpha value is -5.36. The van der Waals surface area contributed by atoms with E-state index in [-0.39, 0.29) is 135 Å². The topological polar surface area (TPSA) is 134 Å². The normalized spacial score (nSPS) is 14.1. The van der Waals surface area contributed by atoms with Crippen LogP contribution >= 0.6 is 0 Å². The van der Waals surface area contributed by atoms with Crippen LogP contribution in [0.15, 0.2) is 263 Å². The molecule has 0 amide bonds. The summed E-state index contributed by atoms with van der Waals surface area (Å²) < 4.78 is 9.64. The standard InChI is InChI=1S/4C21H27N2.2C7H16.2C6H18NSi2.2Y/c4*1-16(18-12-8-6-9-13-18)22-20(21(3,4)5)23-17(2)19-14-10-7-11-15-19;2*1-3-5-7-6-4-2;2*1-8(2,3)7-9(4,5)6;;/h4*6-17H,1-5H3;2*3-7H2,1-2H3;2*1-6H3;;/q4*-1;;;2*-1;2*+3/t4*16-,17-;;;;;;/m0000....../s1. The van der Waals surface area contributed by atoms with Crippen LogP contribution in [0.2, 0.25) is 78.6 Å². The summed E-state index contributed by atoms with van der Waals surface area (Å²) in [6.07, 6.45) is 14.0. The molecule has 8 aromatic carbocycles. The van der Waals surface area contributed by atoms with Crippen LogP contribution in [-0.4, -0.2) is 56.3 Å². The van der Waals surface area contributed by atoms with Crippen molar-refractivity contribution in [2.45, 2.75) is 357 Å². The van der Waals surface area contributed by atoms with Gasteiger partial charge >= 0.3 is 65.4 Å². The van der Waals surface area contributed by atoms with Gasteiger partial charge in [-0.15, -0.1) is 0 Å². The maximum Gasteiger partial charge on any atom is 3.00 e. The second kappa shape index (κ2) is 63.7. The quantitative estimate of drug-likeness (QED) is 0.0200. The largest absolute Gasteiger partial charge is 3.00 e. The minimum atomic E-state index is -1.11. The van der Waals surface area contributed by atoms with Crippen molar-refractivity contribution in [1.82, 2.24) is 0 Å². The Bertz CT molecular complexity index is 3590. The fourth-order valence-electron chi connectivity index (χ4n) is 13.0. The molecule has 0 bridgehead atoms. The number of hydrogen-bond donors (Lipinski definition) is 0. The predicted molar refractivity (Wildman–Crippen MR) is 569 cm³/mol. The average molecular weight is 1930 g/mol. The molecule has 0 saturated carbocycles. The number of aliphatic imine (C=N–C) groups is 4. The fraction of sp³-hybridized carbons (Fsp3) is 0.527. The predicted octanol–water partition coefficient (Wildman–Crippen LogP) is 37.3. The molecule has 8 atom stereocenters. The molecule has 0 aliphatic heterocycles. The summed E-state index contributed by atoms with van der Waals surface area (Å²) in [5, 5.41) is 19.7. The van der Waals surface area contributed by atoms with Crippen molar-refractivity contribution in [2.75, 3.05) is 0 Å². The van der Waals surface area contributed by atoms with E-state index in [1.165, 1.54) is 109 Å². The summed E-state index contributed by atoms with van der Waals surface area (Å²) in [4.78, 5) is 19.7. The van der Waals surface area contributed by atoms with Crippen LogP contribution in [0, 0.1) is 21.7 Å². The van der Waals surface area contributed by atoms with Gasteiger partial charge in [0, 0.05) is 0 Å². The first-order valence-electron chi connectivity index (χ1n) is 46.8. The Morgan fingerprint density at radius 1 is 0.222 bits per heavy atom. The molecule has 0 fully saturated rings. The van der Waals surface area contributed by atoms with E-state index in [0.717, 1.165) is 23.3 Å². The fourth-order valence-corrected chi connectivity index (χ4v) is 29.1. The average Bonchev–Trinajstić information content (AvgIpc) is 0.853. The Balaban J connectivity index is 0. The molecule has 0 saturated heterocycles. The third kappa shape index (κ3) is 59.1. The van der Waals surface area contributed by atoms with Crippen molar-refractivity contribution in [3.63, 3.8) is 0 Å². The van der Waals surface area contributed by atoms with E-state index in [1.807, 2.05) is 48.5 Å². The van der Waals surface area contributed by atoms with Gasteiger partial charge in [-0.2, -0.15) is 0 Å². The first kappa shape index (κ1) is 123. The van der Waals surface area contributed by atoms with Crippen LogP contribution in [0.3, 0.4) is 0 Å². The van der Waals surface area contributed by atoms with Crippen LogP contribution in [-0.2, 0) is 65.4 Å². The van der Waals surface area contributed by atoms with Crippen LogP contribution in [0.1, 0.15) is 323 Å². The Kier molecular flexibility index (Phi) is 62.0. The molecule has 0 unspecified atom stereocenters. The van der Waals surface area contributed by atoms with Gasteiger partial charge in [-0.3, -0.25) is 0 Å². The zero-order valence-corrected chi connectivity index (χ0v) is 96.1. The first-order valence-corrected chi connectivity index (χ1v) is 60.6. The van der Waals surface area contributed by atoms with Crippen molar-refractivity contribution in [3.05, 3.63) is 318 Å². The van der Waals surface area contributed by atoms with Crippen molar-refractivity contribution in [1.29, 1.82) is 0 Å². The van der Waals surface area contributed by atoms with E-state index in [9.17, 15) is 0 Å². The molecule has 0 aliphatic rings. The first-order chi connectivity index (χ1) is 57.7. The van der Waals surface area contributed by atoms with Gasteiger partial charge in [0.05, 0.1) is 0 Å². The van der Waals surface area contributed by atoms with Crippen molar-refractivity contribution in [2.24, 2.45) is 41.6 Å². The van der Waals surface area contributed by atoms with Crippen LogP contribution in [0.4, 0.5) is 0 Å². The molecule has 688 valence electrons. The van der Waals surface area contributed by atoms with Gasteiger partial charge in [-0.05, 0) is 115 Å². The van der Waals surface area contributed by atoms with E-state index in [0.29, 0.717) is 0 Å². The Morgan fingerprint density at radius 3 is 0.452 bits per heavy atom. The van der Waals surface area contributed by atoms with Gasteiger partial charge in [0.25, 0.3) is 0 Å². The molecule has 0 heterocycles. The molecular formula is C110H176N10Si4Y2. The number of hydrogen-bond acceptors (Lipinski definition) is 4. The van der Waals surface area contributed by atoms with Gasteiger partial charge in [0.15, 0.2) is 0 Å². The molecule has 0 aliphatic carbocycles. The van der Waals surface area contributed by atoms with Gasteiger partial charge in [-0.25, -0.2) is 0 Å². The van der Waals surface area contributed by atoms with Crippen LogP contribution < -0.4 is 0 Å². The minimum absolute atomic E-state index is 0. The smallest absolute Gasteiger partial charge is 0.668 e. The number of unbranched alkanes of at least 4 members (excludes halogenated alkanes) is 8. The number of amidine groups is 4. The summed E-state index contributed by atoms with van der Waals surface area (Å²) >= 11 is 0. The summed E-state index contributed by atoms with van der Waals surface area (Å²) in [7, 11) is -4.42. The van der Waals surface area contributed by atoms with Gasteiger partial charge in [0.2, 0.25) is 0 Å². The summed E-state index contributed by atoms with van der Waals surface area (Å²) in [5.74, 6) is 3.69. The SMILES string of the molecule is CCCCCCC.CCCCCCC.C[C@H](N=C([N-][C@@H](C)c1ccccc1)C(C)(C)C)c1ccccc1.C[C@H](N=C([N-][C@@H](C)c1ccccc1)C(C)(C)C)c1ccccc1.C[C@H](N=C([N-][C@@H](C)c1ccccc1)C(C)(C)C)c1ccccc1.C[C@H](N=C([N-][C@@H](C)c1ccccc1)C(C)(C)C)c1ccccc1.C[Si](C)(C)[N-][Si](C)(C)C.C[Si](C)(C)[N-][Si](C)(C)C.[Y+3].[Y+3]. The second-order valence-electron chi connectivity index (χ2n) is 41.0. The van der Waals surface area contributed by atoms with Crippen molar-refractivity contribution >= 4 is 56.3 Å². The van der Waals surface area contributed by atoms with E-state index in [1.54, 1.807) is 0 Å². The van der Waals surface area contributed by atoms with Gasteiger partial charge in [-0.1, -0.05) is 608 Å². The van der Waals surface area contributed by atoms with E-state index in [4.69, 9.17) is 50.5 Å². The zero-order chi connectivity index (χ0) is 94.0. The summed E-state index contributed by atoms with van der Waals surface area (Å²) in [6.45, 7) is 79.6. The third-order valence-corrected chi connectivity index (χ3v) is 30.0. The van der Waals surface area contributed by atoms with Gasteiger partial charge < -0.3 is 50.5 Å². The molecule has 8 rings (SSSR count). The molecule has 16 heteroatoms. The third-order valence-electron chi connectivity index (χ3n) is 19.2. The molecular weight excluding hydrogens is 1750 g/mol. The molecule has 0 spiro atoms. The van der Waals surface area contributed by atoms with E-state index in [2.05, 4.69) is 439 Å². The van der Waals surface area contributed by atoms with E-state index >= 15 is 0 Å². The monoisotopic (exact) mass is 1930 g/mol. The van der Waals surface area contributed by atoms with Crippen LogP contribution in [0.25, 0.3) is 30.6 Å². The van der Waals surface area contributed by atoms with E-state index < -0.39 is 32.9 Å². The minimum Gasteiger partial charge on any atom is -0.668 e. The number of benzene rings is 8. The molecule has 8 aromatic rings. The van der Waals surface area contributed by atoms with Crippen molar-refractivity contribution < 1.29 is 65.4 Å². The number of rotatable bonds is 28. The van der Waals surface area contributed by atoms with Gasteiger partial charge in [0.1, 0.15) is 0 Å². The van der Waals surface area contributed by atoms with Crippen LogP contribution in [0.5, 0.6) is 0 Å². The molecule has 0 N–H and O–H groups in total. The van der Waals surface area contributed by atoms with Crippen molar-refractivity contribution in [3.8, 4) is 0 Å². The maximum atomic E-state index is 4.93. The molecule has 0 radical (unpaired) electrons. The maximum absolute atomic E-state index is 4.93. The molecule has 10 nitrogen and oxygen atoms in total. The number of nitrogens with zero attached hydrogens (tertiary/aromatic N) is 10. The zero-order valence-electron chi connectivity index (χ0n) is 86.4. The summed E-state index contributed by atoms with van der Waals surface area (Å²) in [6, 6.07) is 84.0. The molecule has 126 heavy (non-hydrogen) atoms.